The predicted molar refractivity (Wildman–Crippen MR) is 72.5 cm³/mol. The summed E-state index contributed by atoms with van der Waals surface area (Å²) < 4.78 is 10.5. The second kappa shape index (κ2) is 4.81. The van der Waals surface area contributed by atoms with Gasteiger partial charge in [0, 0.05) is 4.88 Å². The minimum atomic E-state index is -0.442. The Morgan fingerprint density at radius 1 is 1.53 bits per heavy atom. The Labute approximate surface area is 115 Å². The molecule has 0 bridgehead atoms. The standard InChI is InChI=1S/C14H15NO3S/c1-3-17-14(16)12-8(2)15-13(18-12)11-7-9-5-4-6-10(9)19-11/h7H,3-6H2,1-2H3. The number of nitrogens with zero attached hydrogens (tertiary/aromatic N) is 1. The maximum atomic E-state index is 11.7. The molecule has 3 rings (SSSR count). The summed E-state index contributed by atoms with van der Waals surface area (Å²) in [5, 5.41) is 0. The summed E-state index contributed by atoms with van der Waals surface area (Å²) in [5.41, 5.74) is 1.98. The van der Waals surface area contributed by atoms with Crippen LogP contribution in [0.25, 0.3) is 10.8 Å². The lowest BCUT2D eigenvalue weighted by Crippen LogP contribution is -2.04. The van der Waals surface area contributed by atoms with Gasteiger partial charge in [0.15, 0.2) is 0 Å². The molecule has 2 aromatic heterocycles. The fraction of sp³-hybridized carbons (Fsp3) is 0.429. The van der Waals surface area contributed by atoms with Gasteiger partial charge in [0.1, 0.15) is 0 Å². The molecule has 0 amide bonds. The van der Waals surface area contributed by atoms with Crippen LogP contribution >= 0.6 is 11.3 Å². The lowest BCUT2D eigenvalue weighted by Gasteiger charge is -1.97. The third-order valence-electron chi connectivity index (χ3n) is 3.21. The van der Waals surface area contributed by atoms with Crippen LogP contribution in [0.2, 0.25) is 0 Å². The Bertz CT molecular complexity index is 605. The average Bonchev–Trinajstić information content (AvgIpc) is 3.01. The Balaban J connectivity index is 1.93. The highest BCUT2D eigenvalue weighted by Gasteiger charge is 2.22. The number of aromatic nitrogens is 1. The molecule has 0 saturated carbocycles. The second-order valence-corrected chi connectivity index (χ2v) is 5.70. The van der Waals surface area contributed by atoms with Crippen molar-refractivity contribution in [2.24, 2.45) is 0 Å². The third-order valence-corrected chi connectivity index (χ3v) is 4.44. The number of thiophene rings is 1. The molecule has 0 radical (unpaired) electrons. The van der Waals surface area contributed by atoms with Gasteiger partial charge in [-0.05, 0) is 44.7 Å². The van der Waals surface area contributed by atoms with E-state index in [2.05, 4.69) is 11.1 Å². The molecular formula is C14H15NO3S. The molecule has 2 aromatic rings. The van der Waals surface area contributed by atoms with Crippen LogP contribution in [0.5, 0.6) is 0 Å². The number of ether oxygens (including phenoxy) is 1. The number of esters is 1. The van der Waals surface area contributed by atoms with Crippen LogP contribution in [0.15, 0.2) is 10.5 Å². The van der Waals surface area contributed by atoms with Crippen molar-refractivity contribution in [1.29, 1.82) is 0 Å². The number of carbonyl (C=O) groups is 1. The van der Waals surface area contributed by atoms with Crippen LogP contribution in [0.1, 0.15) is 40.0 Å². The fourth-order valence-corrected chi connectivity index (χ4v) is 3.50. The number of hydrogen-bond donors (Lipinski definition) is 0. The highest BCUT2D eigenvalue weighted by molar-refractivity contribution is 7.15. The zero-order chi connectivity index (χ0) is 13.4. The Morgan fingerprint density at radius 2 is 2.37 bits per heavy atom. The van der Waals surface area contributed by atoms with Gasteiger partial charge in [-0.15, -0.1) is 11.3 Å². The summed E-state index contributed by atoms with van der Waals surface area (Å²) in [6.45, 7) is 3.87. The number of aryl methyl sites for hydroxylation is 3. The normalized spacial score (nSPS) is 13.6. The zero-order valence-electron chi connectivity index (χ0n) is 11.0. The molecule has 2 heterocycles. The maximum Gasteiger partial charge on any atom is 0.376 e. The van der Waals surface area contributed by atoms with Crippen molar-refractivity contribution in [2.75, 3.05) is 6.61 Å². The van der Waals surface area contributed by atoms with Gasteiger partial charge < -0.3 is 9.15 Å². The van der Waals surface area contributed by atoms with Crippen LogP contribution in [-0.4, -0.2) is 17.6 Å². The molecule has 0 spiro atoms. The van der Waals surface area contributed by atoms with E-state index in [4.69, 9.17) is 9.15 Å². The van der Waals surface area contributed by atoms with Gasteiger partial charge in [-0.25, -0.2) is 9.78 Å². The smallest absolute Gasteiger partial charge is 0.376 e. The minimum Gasteiger partial charge on any atom is -0.460 e. The molecule has 1 aliphatic carbocycles. The van der Waals surface area contributed by atoms with Crippen LogP contribution < -0.4 is 0 Å². The first-order valence-corrected chi connectivity index (χ1v) is 7.27. The van der Waals surface area contributed by atoms with E-state index < -0.39 is 5.97 Å². The lowest BCUT2D eigenvalue weighted by molar-refractivity contribution is 0.0490. The van der Waals surface area contributed by atoms with E-state index in [0.29, 0.717) is 18.2 Å². The van der Waals surface area contributed by atoms with Crippen molar-refractivity contribution in [1.82, 2.24) is 4.98 Å². The largest absolute Gasteiger partial charge is 0.460 e. The van der Waals surface area contributed by atoms with E-state index in [-0.39, 0.29) is 5.76 Å². The molecule has 0 aromatic carbocycles. The number of oxazole rings is 1. The first kappa shape index (κ1) is 12.4. The summed E-state index contributed by atoms with van der Waals surface area (Å²) in [4.78, 5) is 18.5. The Morgan fingerprint density at radius 3 is 3.11 bits per heavy atom. The maximum absolute atomic E-state index is 11.7. The van der Waals surface area contributed by atoms with Crippen molar-refractivity contribution in [3.63, 3.8) is 0 Å². The van der Waals surface area contributed by atoms with Crippen LogP contribution in [0.4, 0.5) is 0 Å². The number of fused-ring (bicyclic) bond motifs is 1. The van der Waals surface area contributed by atoms with Crippen molar-refractivity contribution in [3.8, 4) is 10.8 Å². The van der Waals surface area contributed by atoms with E-state index >= 15 is 0 Å². The summed E-state index contributed by atoms with van der Waals surface area (Å²) in [6.07, 6.45) is 3.51. The molecule has 0 aliphatic heterocycles. The summed E-state index contributed by atoms with van der Waals surface area (Å²) >= 11 is 1.71. The molecule has 5 heteroatoms. The van der Waals surface area contributed by atoms with Gasteiger partial charge in [0.05, 0.1) is 17.2 Å². The SMILES string of the molecule is CCOC(=O)c1oc(-c2cc3c(s2)CCC3)nc1C. The minimum absolute atomic E-state index is 0.213. The lowest BCUT2D eigenvalue weighted by atomic mass is 10.2. The zero-order valence-corrected chi connectivity index (χ0v) is 11.8. The van der Waals surface area contributed by atoms with Crippen LogP contribution in [-0.2, 0) is 17.6 Å². The third kappa shape index (κ3) is 2.18. The molecule has 0 fully saturated rings. The first-order valence-electron chi connectivity index (χ1n) is 6.45. The quantitative estimate of drug-likeness (QED) is 0.807. The highest BCUT2D eigenvalue weighted by atomic mass is 32.1. The van der Waals surface area contributed by atoms with Gasteiger partial charge in [-0.3, -0.25) is 0 Å². The van der Waals surface area contributed by atoms with Gasteiger partial charge >= 0.3 is 5.97 Å². The van der Waals surface area contributed by atoms with E-state index in [1.165, 1.54) is 16.9 Å². The molecule has 1 aliphatic rings. The summed E-state index contributed by atoms with van der Waals surface area (Å²) in [6, 6.07) is 2.13. The molecular weight excluding hydrogens is 262 g/mol. The van der Waals surface area contributed by atoms with E-state index in [1.807, 2.05) is 0 Å². The van der Waals surface area contributed by atoms with Gasteiger partial charge in [0.25, 0.3) is 0 Å². The Kier molecular flexibility index (Phi) is 3.14. The average molecular weight is 277 g/mol. The second-order valence-electron chi connectivity index (χ2n) is 4.57. The van der Waals surface area contributed by atoms with Crippen molar-refractivity contribution in [3.05, 3.63) is 28.0 Å². The fourth-order valence-electron chi connectivity index (χ4n) is 2.32. The molecule has 0 atom stereocenters. The highest BCUT2D eigenvalue weighted by Crippen LogP contribution is 2.36. The molecule has 0 N–H and O–H groups in total. The first-order chi connectivity index (χ1) is 9.19. The predicted octanol–water partition coefficient (Wildman–Crippen LogP) is 3.38. The van der Waals surface area contributed by atoms with Gasteiger partial charge in [-0.1, -0.05) is 0 Å². The van der Waals surface area contributed by atoms with Gasteiger partial charge in [-0.2, -0.15) is 0 Å². The molecule has 0 saturated heterocycles. The van der Waals surface area contributed by atoms with E-state index in [0.717, 1.165) is 17.7 Å². The monoisotopic (exact) mass is 277 g/mol. The molecule has 100 valence electrons. The molecule has 0 unspecified atom stereocenters. The van der Waals surface area contributed by atoms with Crippen molar-refractivity contribution >= 4 is 17.3 Å². The number of hydrogen-bond acceptors (Lipinski definition) is 5. The van der Waals surface area contributed by atoms with Crippen molar-refractivity contribution in [2.45, 2.75) is 33.1 Å². The topological polar surface area (TPSA) is 52.3 Å². The van der Waals surface area contributed by atoms with E-state index in [9.17, 15) is 4.79 Å². The molecule has 4 nitrogen and oxygen atoms in total. The van der Waals surface area contributed by atoms with E-state index in [1.54, 1.807) is 25.2 Å². The summed E-state index contributed by atoms with van der Waals surface area (Å²) in [7, 11) is 0. The van der Waals surface area contributed by atoms with Crippen LogP contribution in [0, 0.1) is 6.92 Å². The molecule has 19 heavy (non-hydrogen) atoms. The Hall–Kier alpha value is -1.62. The number of rotatable bonds is 3. The van der Waals surface area contributed by atoms with Crippen molar-refractivity contribution < 1.29 is 13.9 Å². The van der Waals surface area contributed by atoms with Crippen LogP contribution in [0.3, 0.4) is 0 Å². The summed E-state index contributed by atoms with van der Waals surface area (Å²) in [5.74, 6) is 0.299. The van der Waals surface area contributed by atoms with Gasteiger partial charge in [0.2, 0.25) is 11.7 Å². The number of carbonyl (C=O) groups excluding carboxylic acids is 1.